The highest BCUT2D eigenvalue weighted by molar-refractivity contribution is 5.75. The van der Waals surface area contributed by atoms with Crippen molar-refractivity contribution in [3.63, 3.8) is 0 Å². The standard InChI is InChI=1S/C31H42O8/c1-5-25(32)18-37-27-14-10-23(11-15-27)31(2,3)24-12-16-28(17-13-24)38-19-26(33)20-39-30(35)22-8-6-21(7-9-22)29(34)36-4/h10-17,21-22,25-26,32-33H,5-9,18-20H2,1-4H3. The van der Waals surface area contributed by atoms with Crippen LogP contribution in [0.5, 0.6) is 11.5 Å². The molecule has 2 atom stereocenters. The molecule has 2 aromatic carbocycles. The van der Waals surface area contributed by atoms with Gasteiger partial charge in [0.2, 0.25) is 0 Å². The van der Waals surface area contributed by atoms with Crippen LogP contribution in [-0.4, -0.2) is 61.3 Å². The third-order valence-electron chi connectivity index (χ3n) is 7.52. The molecule has 0 aliphatic heterocycles. The maximum absolute atomic E-state index is 12.4. The van der Waals surface area contributed by atoms with Crippen molar-refractivity contribution in [2.45, 2.75) is 70.5 Å². The van der Waals surface area contributed by atoms with Gasteiger partial charge >= 0.3 is 11.9 Å². The predicted molar refractivity (Wildman–Crippen MR) is 147 cm³/mol. The number of aliphatic hydroxyl groups is 2. The second-order valence-corrected chi connectivity index (χ2v) is 10.7. The van der Waals surface area contributed by atoms with Crippen LogP contribution in [0.1, 0.15) is 64.0 Å². The van der Waals surface area contributed by atoms with Crippen molar-refractivity contribution in [1.29, 1.82) is 0 Å². The van der Waals surface area contributed by atoms with Gasteiger partial charge in [0.15, 0.2) is 0 Å². The Bertz CT molecular complexity index is 1040. The Kier molecular flexibility index (Phi) is 11.2. The number of hydrogen-bond acceptors (Lipinski definition) is 8. The van der Waals surface area contributed by atoms with Crippen LogP contribution in [0.2, 0.25) is 0 Å². The van der Waals surface area contributed by atoms with E-state index in [0.29, 0.717) is 37.9 Å². The van der Waals surface area contributed by atoms with Crippen molar-refractivity contribution in [1.82, 2.24) is 0 Å². The third-order valence-corrected chi connectivity index (χ3v) is 7.52. The Hall–Kier alpha value is -3.10. The van der Waals surface area contributed by atoms with Crippen molar-refractivity contribution in [2.24, 2.45) is 11.8 Å². The summed E-state index contributed by atoms with van der Waals surface area (Å²) in [6.07, 6.45) is 1.60. The van der Waals surface area contributed by atoms with Gasteiger partial charge in [0.1, 0.15) is 37.4 Å². The van der Waals surface area contributed by atoms with E-state index in [0.717, 1.165) is 16.9 Å². The van der Waals surface area contributed by atoms with Gasteiger partial charge in [0.25, 0.3) is 0 Å². The summed E-state index contributed by atoms with van der Waals surface area (Å²) in [4.78, 5) is 24.0. The number of rotatable bonds is 13. The summed E-state index contributed by atoms with van der Waals surface area (Å²) in [6.45, 7) is 6.33. The fraction of sp³-hybridized carbons (Fsp3) is 0.548. The smallest absolute Gasteiger partial charge is 0.309 e. The molecular weight excluding hydrogens is 500 g/mol. The molecule has 2 aromatic rings. The van der Waals surface area contributed by atoms with Crippen molar-refractivity contribution < 1.29 is 38.7 Å². The molecule has 0 heterocycles. The van der Waals surface area contributed by atoms with Crippen LogP contribution in [0, 0.1) is 11.8 Å². The highest BCUT2D eigenvalue weighted by Gasteiger charge is 2.31. The lowest BCUT2D eigenvalue weighted by atomic mass is 9.78. The lowest BCUT2D eigenvalue weighted by Crippen LogP contribution is -2.31. The molecule has 1 aliphatic rings. The molecule has 0 saturated heterocycles. The summed E-state index contributed by atoms with van der Waals surface area (Å²) in [5.74, 6) is 0.353. The predicted octanol–water partition coefficient (Wildman–Crippen LogP) is 4.42. The molecular formula is C31H42O8. The van der Waals surface area contributed by atoms with Crippen molar-refractivity contribution >= 4 is 11.9 Å². The minimum atomic E-state index is -0.948. The molecule has 0 spiro atoms. The maximum Gasteiger partial charge on any atom is 0.309 e. The average Bonchev–Trinajstić information content (AvgIpc) is 2.97. The Morgan fingerprint density at radius 3 is 1.64 bits per heavy atom. The Labute approximate surface area is 231 Å². The second-order valence-electron chi connectivity index (χ2n) is 10.7. The first kappa shape index (κ1) is 30.4. The fourth-order valence-electron chi connectivity index (χ4n) is 4.68. The van der Waals surface area contributed by atoms with Gasteiger partial charge in [0.05, 0.1) is 25.0 Å². The summed E-state index contributed by atoms with van der Waals surface area (Å²) in [5, 5.41) is 19.9. The maximum atomic E-state index is 12.4. The van der Waals surface area contributed by atoms with Gasteiger partial charge in [-0.25, -0.2) is 0 Å². The van der Waals surface area contributed by atoms with Crippen LogP contribution >= 0.6 is 0 Å². The number of methoxy groups -OCH3 is 1. The van der Waals surface area contributed by atoms with Gasteiger partial charge in [-0.05, 0) is 67.5 Å². The molecule has 8 heteroatoms. The lowest BCUT2D eigenvalue weighted by molar-refractivity contribution is -0.156. The van der Waals surface area contributed by atoms with Crippen LogP contribution in [0.3, 0.4) is 0 Å². The highest BCUT2D eigenvalue weighted by atomic mass is 16.5. The van der Waals surface area contributed by atoms with Gasteiger partial charge < -0.3 is 29.2 Å². The van der Waals surface area contributed by atoms with Gasteiger partial charge in [-0.3, -0.25) is 9.59 Å². The van der Waals surface area contributed by atoms with E-state index in [-0.39, 0.29) is 49.0 Å². The summed E-state index contributed by atoms with van der Waals surface area (Å²) in [6, 6.07) is 15.6. The zero-order valence-electron chi connectivity index (χ0n) is 23.4. The Morgan fingerprint density at radius 1 is 0.769 bits per heavy atom. The largest absolute Gasteiger partial charge is 0.491 e. The molecule has 1 saturated carbocycles. The summed E-state index contributed by atoms with van der Waals surface area (Å²) >= 11 is 0. The molecule has 0 bridgehead atoms. The number of aliphatic hydroxyl groups excluding tert-OH is 2. The normalized spacial score (nSPS) is 19.0. The average molecular weight is 543 g/mol. The van der Waals surface area contributed by atoms with E-state index in [1.54, 1.807) is 0 Å². The first-order valence-electron chi connectivity index (χ1n) is 13.7. The first-order valence-corrected chi connectivity index (χ1v) is 13.7. The number of carbonyl (C=O) groups excluding carboxylic acids is 2. The fourth-order valence-corrected chi connectivity index (χ4v) is 4.68. The van der Waals surface area contributed by atoms with Crippen LogP contribution in [0.25, 0.3) is 0 Å². The quantitative estimate of drug-likeness (QED) is 0.358. The van der Waals surface area contributed by atoms with Crippen LogP contribution < -0.4 is 9.47 Å². The van der Waals surface area contributed by atoms with Crippen molar-refractivity contribution in [3.05, 3.63) is 59.7 Å². The van der Waals surface area contributed by atoms with Gasteiger partial charge in [-0.2, -0.15) is 0 Å². The molecule has 39 heavy (non-hydrogen) atoms. The third kappa shape index (κ3) is 8.70. The zero-order valence-corrected chi connectivity index (χ0v) is 23.4. The molecule has 2 unspecified atom stereocenters. The summed E-state index contributed by atoms with van der Waals surface area (Å²) in [5.41, 5.74) is 1.96. The zero-order chi connectivity index (χ0) is 28.4. The minimum absolute atomic E-state index is 0.000703. The molecule has 1 aliphatic carbocycles. The van der Waals surface area contributed by atoms with E-state index < -0.39 is 12.2 Å². The Morgan fingerprint density at radius 2 is 1.21 bits per heavy atom. The van der Waals surface area contributed by atoms with Gasteiger partial charge in [-0.1, -0.05) is 45.0 Å². The van der Waals surface area contributed by atoms with E-state index in [4.69, 9.17) is 18.9 Å². The van der Waals surface area contributed by atoms with Crippen LogP contribution in [0.15, 0.2) is 48.5 Å². The number of benzene rings is 2. The van der Waals surface area contributed by atoms with E-state index >= 15 is 0 Å². The highest BCUT2D eigenvalue weighted by Crippen LogP contribution is 2.33. The topological polar surface area (TPSA) is 112 Å². The Balaban J connectivity index is 1.43. The molecule has 3 rings (SSSR count). The van der Waals surface area contributed by atoms with E-state index in [9.17, 15) is 19.8 Å². The summed E-state index contributed by atoms with van der Waals surface area (Å²) in [7, 11) is 1.38. The van der Waals surface area contributed by atoms with E-state index in [1.165, 1.54) is 7.11 Å². The molecule has 1 fully saturated rings. The second kappa shape index (κ2) is 14.3. The number of ether oxygens (including phenoxy) is 4. The van der Waals surface area contributed by atoms with E-state index in [2.05, 4.69) is 13.8 Å². The SMILES string of the molecule is CCC(O)COc1ccc(C(C)(C)c2ccc(OCC(O)COC(=O)C3CCC(C(=O)OC)CC3)cc2)cc1. The lowest BCUT2D eigenvalue weighted by Gasteiger charge is -2.27. The van der Waals surface area contributed by atoms with Crippen molar-refractivity contribution in [3.8, 4) is 11.5 Å². The molecule has 214 valence electrons. The minimum Gasteiger partial charge on any atom is -0.491 e. The number of esters is 2. The van der Waals surface area contributed by atoms with Gasteiger partial charge in [0, 0.05) is 5.41 Å². The number of carbonyl (C=O) groups is 2. The van der Waals surface area contributed by atoms with Gasteiger partial charge in [-0.15, -0.1) is 0 Å². The molecule has 2 N–H and O–H groups in total. The van der Waals surface area contributed by atoms with Crippen LogP contribution in [-0.2, 0) is 24.5 Å². The summed E-state index contributed by atoms with van der Waals surface area (Å²) < 4.78 is 21.4. The molecule has 0 amide bonds. The molecule has 0 radical (unpaired) electrons. The molecule has 8 nitrogen and oxygen atoms in total. The van der Waals surface area contributed by atoms with E-state index in [1.807, 2.05) is 55.5 Å². The monoisotopic (exact) mass is 542 g/mol. The van der Waals surface area contributed by atoms with Crippen LogP contribution in [0.4, 0.5) is 0 Å². The first-order chi connectivity index (χ1) is 18.6. The molecule has 0 aromatic heterocycles. The number of hydrogen-bond donors (Lipinski definition) is 2. The van der Waals surface area contributed by atoms with Crippen molar-refractivity contribution in [2.75, 3.05) is 26.9 Å².